The first kappa shape index (κ1) is 20.0. The van der Waals surface area contributed by atoms with E-state index >= 15 is 0 Å². The zero-order chi connectivity index (χ0) is 19.3. The molecule has 0 aromatic heterocycles. The van der Waals surface area contributed by atoms with Crippen molar-refractivity contribution in [2.24, 2.45) is 5.73 Å². The smallest absolute Gasteiger partial charge is 0.251 e. The van der Waals surface area contributed by atoms with Gasteiger partial charge in [-0.25, -0.2) is 0 Å². The number of ketones is 1. The summed E-state index contributed by atoms with van der Waals surface area (Å²) in [5.74, 6) is -0.232. The number of ether oxygens (including phenoxy) is 1. The molecule has 0 saturated carbocycles. The summed E-state index contributed by atoms with van der Waals surface area (Å²) in [5.41, 5.74) is 12.9. The van der Waals surface area contributed by atoms with Crippen LogP contribution in [-0.4, -0.2) is 24.3 Å². The van der Waals surface area contributed by atoms with Crippen LogP contribution in [0.4, 0.5) is 5.69 Å². The highest BCUT2D eigenvalue weighted by atomic mass is 35.5. The van der Waals surface area contributed by atoms with Gasteiger partial charge in [-0.1, -0.05) is 35.3 Å². The summed E-state index contributed by atoms with van der Waals surface area (Å²) >= 11 is 11.9. The Hall–Kier alpha value is -2.28. The van der Waals surface area contributed by atoms with E-state index in [2.05, 4.69) is 5.32 Å². The SMILES string of the molecule is C[C@H](N)C(=O)CNC(=O)c1ccc(COc2c(N)cc(Cl)cc2Cl)cc1. The quantitative estimate of drug-likeness (QED) is 0.624. The Morgan fingerprint density at radius 3 is 2.42 bits per heavy atom. The number of nitrogens with one attached hydrogen (secondary N) is 1. The number of nitrogen functional groups attached to an aromatic ring is 1. The number of anilines is 1. The summed E-state index contributed by atoms with van der Waals surface area (Å²) < 4.78 is 5.64. The standard InChI is InChI=1S/C18H19Cl2N3O3/c1-10(21)16(24)8-23-18(25)12-4-2-11(3-5-12)9-26-17-14(20)6-13(19)7-15(17)22/h2-7,10H,8-9,21-22H2,1H3,(H,23,25)/t10-/m0/s1. The van der Waals surface area contributed by atoms with E-state index in [4.69, 9.17) is 39.4 Å². The monoisotopic (exact) mass is 395 g/mol. The maximum atomic E-state index is 12.0. The van der Waals surface area contributed by atoms with Gasteiger partial charge >= 0.3 is 0 Å². The van der Waals surface area contributed by atoms with Gasteiger partial charge in [0.1, 0.15) is 6.61 Å². The second-order valence-electron chi connectivity index (χ2n) is 5.73. The molecule has 0 fully saturated rings. The largest absolute Gasteiger partial charge is 0.485 e. The molecule has 0 saturated heterocycles. The molecule has 2 rings (SSSR count). The van der Waals surface area contributed by atoms with Crippen LogP contribution in [0.3, 0.4) is 0 Å². The number of rotatable bonds is 7. The number of carbonyl (C=O) groups excluding carboxylic acids is 2. The fraction of sp³-hybridized carbons (Fsp3) is 0.222. The Morgan fingerprint density at radius 2 is 1.85 bits per heavy atom. The third-order valence-electron chi connectivity index (χ3n) is 3.57. The molecule has 2 aromatic carbocycles. The molecule has 138 valence electrons. The van der Waals surface area contributed by atoms with Crippen LogP contribution in [-0.2, 0) is 11.4 Å². The Morgan fingerprint density at radius 1 is 1.19 bits per heavy atom. The predicted molar refractivity (Wildman–Crippen MR) is 103 cm³/mol. The van der Waals surface area contributed by atoms with Crippen LogP contribution in [0.1, 0.15) is 22.8 Å². The molecule has 1 atom stereocenters. The third kappa shape index (κ3) is 5.36. The molecule has 5 N–H and O–H groups in total. The van der Waals surface area contributed by atoms with E-state index < -0.39 is 6.04 Å². The highest BCUT2D eigenvalue weighted by Gasteiger charge is 2.12. The maximum Gasteiger partial charge on any atom is 0.251 e. The van der Waals surface area contributed by atoms with Crippen molar-refractivity contribution in [1.82, 2.24) is 5.32 Å². The molecule has 0 unspecified atom stereocenters. The lowest BCUT2D eigenvalue weighted by Gasteiger charge is -2.12. The molecule has 2 aromatic rings. The fourth-order valence-electron chi connectivity index (χ4n) is 2.07. The third-order valence-corrected chi connectivity index (χ3v) is 4.07. The van der Waals surface area contributed by atoms with Crippen molar-refractivity contribution in [3.63, 3.8) is 0 Å². The second-order valence-corrected chi connectivity index (χ2v) is 6.57. The lowest BCUT2D eigenvalue weighted by atomic mass is 10.1. The first-order valence-corrected chi connectivity index (χ1v) is 8.56. The Bertz CT molecular complexity index is 785. The molecule has 0 bridgehead atoms. The van der Waals surface area contributed by atoms with E-state index in [-0.39, 0.29) is 24.8 Å². The Labute approximate surface area is 161 Å². The zero-order valence-electron chi connectivity index (χ0n) is 14.1. The van der Waals surface area contributed by atoms with Crippen LogP contribution >= 0.6 is 23.2 Å². The van der Waals surface area contributed by atoms with Crippen molar-refractivity contribution in [3.8, 4) is 5.75 Å². The van der Waals surface area contributed by atoms with Crippen molar-refractivity contribution in [1.29, 1.82) is 0 Å². The van der Waals surface area contributed by atoms with Crippen molar-refractivity contribution < 1.29 is 14.3 Å². The van der Waals surface area contributed by atoms with Crippen molar-refractivity contribution in [2.45, 2.75) is 19.6 Å². The molecule has 8 heteroatoms. The van der Waals surface area contributed by atoms with E-state index in [0.717, 1.165) is 5.56 Å². The van der Waals surface area contributed by atoms with Crippen LogP contribution in [0.2, 0.25) is 10.0 Å². The lowest BCUT2D eigenvalue weighted by Crippen LogP contribution is -2.37. The minimum Gasteiger partial charge on any atom is -0.485 e. The summed E-state index contributed by atoms with van der Waals surface area (Å²) in [6.45, 7) is 1.69. The van der Waals surface area contributed by atoms with Crippen molar-refractivity contribution in [3.05, 3.63) is 57.6 Å². The molecular weight excluding hydrogens is 377 g/mol. The molecule has 0 aliphatic rings. The number of halogens is 2. The van der Waals surface area contributed by atoms with E-state index in [1.807, 2.05) is 0 Å². The van der Waals surface area contributed by atoms with Gasteiger partial charge in [0.05, 0.1) is 23.3 Å². The fourth-order valence-corrected chi connectivity index (χ4v) is 2.63. The highest BCUT2D eigenvalue weighted by molar-refractivity contribution is 6.36. The van der Waals surface area contributed by atoms with Gasteiger partial charge in [0.15, 0.2) is 11.5 Å². The maximum absolute atomic E-state index is 12.0. The number of benzene rings is 2. The minimum absolute atomic E-state index is 0.101. The number of Topliss-reactive ketones (excluding diaryl/α,β-unsaturated/α-hetero) is 1. The molecule has 1 amide bonds. The molecule has 0 aliphatic heterocycles. The van der Waals surface area contributed by atoms with Gasteiger partial charge in [-0.2, -0.15) is 0 Å². The minimum atomic E-state index is -0.609. The molecular formula is C18H19Cl2N3O3. The number of nitrogens with two attached hydrogens (primary N) is 2. The van der Waals surface area contributed by atoms with Crippen molar-refractivity contribution >= 4 is 40.6 Å². The van der Waals surface area contributed by atoms with Crippen LogP contribution in [0.15, 0.2) is 36.4 Å². The predicted octanol–water partition coefficient (Wildman–Crippen LogP) is 2.80. The van der Waals surface area contributed by atoms with E-state index in [1.165, 1.54) is 0 Å². The number of carbonyl (C=O) groups is 2. The molecule has 0 spiro atoms. The van der Waals surface area contributed by atoms with E-state index in [1.54, 1.807) is 43.3 Å². The van der Waals surface area contributed by atoms with Crippen LogP contribution in [0, 0.1) is 0 Å². The van der Waals surface area contributed by atoms with Gasteiger partial charge in [-0.05, 0) is 36.8 Å². The van der Waals surface area contributed by atoms with E-state index in [0.29, 0.717) is 27.0 Å². The van der Waals surface area contributed by atoms with Crippen LogP contribution in [0.5, 0.6) is 5.75 Å². The first-order valence-electron chi connectivity index (χ1n) is 7.80. The van der Waals surface area contributed by atoms with Gasteiger partial charge < -0.3 is 21.5 Å². The number of hydrogen-bond acceptors (Lipinski definition) is 5. The normalized spacial score (nSPS) is 11.7. The molecule has 0 heterocycles. The highest BCUT2D eigenvalue weighted by Crippen LogP contribution is 2.34. The van der Waals surface area contributed by atoms with Gasteiger partial charge in [-0.15, -0.1) is 0 Å². The van der Waals surface area contributed by atoms with Crippen LogP contribution in [0.25, 0.3) is 0 Å². The summed E-state index contributed by atoms with van der Waals surface area (Å²) in [6, 6.07) is 9.24. The first-order chi connectivity index (χ1) is 12.3. The lowest BCUT2D eigenvalue weighted by molar-refractivity contribution is -0.119. The Balaban J connectivity index is 1.95. The summed E-state index contributed by atoms with van der Waals surface area (Å²) in [4.78, 5) is 23.4. The second kappa shape index (κ2) is 8.89. The zero-order valence-corrected chi connectivity index (χ0v) is 15.6. The van der Waals surface area contributed by atoms with E-state index in [9.17, 15) is 9.59 Å². The van der Waals surface area contributed by atoms with Crippen LogP contribution < -0.4 is 21.5 Å². The molecule has 6 nitrogen and oxygen atoms in total. The molecule has 26 heavy (non-hydrogen) atoms. The molecule has 0 aliphatic carbocycles. The number of amides is 1. The number of hydrogen-bond donors (Lipinski definition) is 3. The average molecular weight is 396 g/mol. The van der Waals surface area contributed by atoms with Gasteiger partial charge in [0.25, 0.3) is 5.91 Å². The summed E-state index contributed by atoms with van der Waals surface area (Å²) in [5, 5.41) is 3.28. The summed E-state index contributed by atoms with van der Waals surface area (Å²) in [6.07, 6.45) is 0. The topological polar surface area (TPSA) is 107 Å². The van der Waals surface area contributed by atoms with Gasteiger partial charge in [0, 0.05) is 10.6 Å². The van der Waals surface area contributed by atoms with Gasteiger partial charge in [0.2, 0.25) is 0 Å². The molecule has 0 radical (unpaired) electrons. The average Bonchev–Trinajstić information content (AvgIpc) is 2.58. The van der Waals surface area contributed by atoms with Crippen molar-refractivity contribution in [2.75, 3.05) is 12.3 Å². The Kier molecular flexibility index (Phi) is 6.85. The summed E-state index contributed by atoms with van der Waals surface area (Å²) in [7, 11) is 0. The van der Waals surface area contributed by atoms with Gasteiger partial charge in [-0.3, -0.25) is 9.59 Å².